The molecule has 0 spiro atoms. The van der Waals surface area contributed by atoms with Crippen molar-refractivity contribution in [3.05, 3.63) is 44.8 Å². The predicted molar refractivity (Wildman–Crippen MR) is 89.8 cm³/mol. The molecule has 0 atom stereocenters. The standard InChI is InChI=1S/C17H13N5OS/c18-9-11-15(13-5-4-8-24-13)12(10-19)17(23)22-16(11)21-7-3-1-2-6-14(21)20-22/h4-5,8H,1-3,6-7H2. The number of pyridine rings is 1. The topological polar surface area (TPSA) is 86.9 Å². The van der Waals surface area contributed by atoms with E-state index in [1.807, 2.05) is 28.1 Å². The predicted octanol–water partition coefficient (Wildman–Crippen LogP) is 2.69. The van der Waals surface area contributed by atoms with Gasteiger partial charge in [0.2, 0.25) is 0 Å². The molecule has 1 aliphatic rings. The van der Waals surface area contributed by atoms with E-state index in [0.29, 0.717) is 16.8 Å². The number of hydrogen-bond acceptors (Lipinski definition) is 5. The van der Waals surface area contributed by atoms with E-state index < -0.39 is 5.56 Å². The maximum absolute atomic E-state index is 12.8. The summed E-state index contributed by atoms with van der Waals surface area (Å²) in [5.41, 5.74) is 0.846. The van der Waals surface area contributed by atoms with Gasteiger partial charge in [0.15, 0.2) is 5.65 Å². The highest BCUT2D eigenvalue weighted by atomic mass is 32.1. The number of hydrogen-bond donors (Lipinski definition) is 0. The van der Waals surface area contributed by atoms with Crippen LogP contribution in [0.1, 0.15) is 36.2 Å². The number of nitriles is 2. The fourth-order valence-corrected chi connectivity index (χ4v) is 4.09. The molecule has 1 aliphatic heterocycles. The van der Waals surface area contributed by atoms with Crippen LogP contribution in [-0.4, -0.2) is 14.2 Å². The molecule has 4 rings (SSSR count). The normalized spacial score (nSPS) is 13.9. The molecule has 6 nitrogen and oxygen atoms in total. The highest BCUT2D eigenvalue weighted by Crippen LogP contribution is 2.32. The van der Waals surface area contributed by atoms with Gasteiger partial charge in [-0.05, 0) is 24.3 Å². The van der Waals surface area contributed by atoms with Crippen LogP contribution in [-0.2, 0) is 13.0 Å². The first-order valence-corrected chi connectivity index (χ1v) is 8.66. The maximum Gasteiger partial charge on any atom is 0.291 e. The summed E-state index contributed by atoms with van der Waals surface area (Å²) in [6, 6.07) is 7.88. The van der Waals surface area contributed by atoms with Crippen LogP contribution >= 0.6 is 11.3 Å². The second-order valence-corrected chi connectivity index (χ2v) is 6.69. The summed E-state index contributed by atoms with van der Waals surface area (Å²) in [6.07, 6.45) is 3.90. The van der Waals surface area contributed by atoms with Crippen molar-refractivity contribution in [1.29, 1.82) is 10.5 Å². The first-order chi connectivity index (χ1) is 11.8. The lowest BCUT2D eigenvalue weighted by Gasteiger charge is -2.09. The van der Waals surface area contributed by atoms with Gasteiger partial charge in [0, 0.05) is 23.4 Å². The zero-order valence-corrected chi connectivity index (χ0v) is 13.6. The largest absolute Gasteiger partial charge is 0.312 e. The van der Waals surface area contributed by atoms with E-state index in [9.17, 15) is 15.3 Å². The van der Waals surface area contributed by atoms with Crippen LogP contribution in [0.25, 0.3) is 16.1 Å². The van der Waals surface area contributed by atoms with Crippen molar-refractivity contribution in [2.45, 2.75) is 32.2 Å². The molecule has 0 fully saturated rings. The van der Waals surface area contributed by atoms with Gasteiger partial charge < -0.3 is 4.57 Å². The molecule has 3 aromatic rings. The first kappa shape index (κ1) is 14.7. The van der Waals surface area contributed by atoms with Gasteiger partial charge in [0.05, 0.1) is 0 Å². The number of rotatable bonds is 1. The highest BCUT2D eigenvalue weighted by molar-refractivity contribution is 7.13. The molecule has 7 heteroatoms. The van der Waals surface area contributed by atoms with E-state index in [1.54, 1.807) is 0 Å². The van der Waals surface area contributed by atoms with Gasteiger partial charge in [0.1, 0.15) is 29.1 Å². The summed E-state index contributed by atoms with van der Waals surface area (Å²) in [7, 11) is 0. The first-order valence-electron chi connectivity index (χ1n) is 7.78. The minimum Gasteiger partial charge on any atom is -0.312 e. The Kier molecular flexibility index (Phi) is 3.44. The third kappa shape index (κ3) is 1.99. The molecule has 0 saturated carbocycles. The van der Waals surface area contributed by atoms with Crippen LogP contribution in [0.2, 0.25) is 0 Å². The molecule has 0 aliphatic carbocycles. The second kappa shape index (κ2) is 5.63. The smallest absolute Gasteiger partial charge is 0.291 e. The molecule has 0 bridgehead atoms. The molecular formula is C17H13N5OS. The quantitative estimate of drug-likeness (QED) is 0.684. The monoisotopic (exact) mass is 335 g/mol. The number of thiophene rings is 1. The molecular weight excluding hydrogens is 322 g/mol. The summed E-state index contributed by atoms with van der Waals surface area (Å²) in [6.45, 7) is 0.739. The molecule has 0 unspecified atom stereocenters. The fraction of sp³-hybridized carbons (Fsp3) is 0.294. The van der Waals surface area contributed by atoms with E-state index in [4.69, 9.17) is 0 Å². The fourth-order valence-electron chi connectivity index (χ4n) is 3.31. The van der Waals surface area contributed by atoms with E-state index in [-0.39, 0.29) is 5.56 Å². The molecule has 0 N–H and O–H groups in total. The summed E-state index contributed by atoms with van der Waals surface area (Å²) in [4.78, 5) is 13.6. The molecule has 0 saturated heterocycles. The van der Waals surface area contributed by atoms with Gasteiger partial charge in [-0.15, -0.1) is 16.4 Å². The van der Waals surface area contributed by atoms with Crippen LogP contribution in [0, 0.1) is 22.7 Å². The lowest BCUT2D eigenvalue weighted by Crippen LogP contribution is -2.20. The van der Waals surface area contributed by atoms with Gasteiger partial charge >= 0.3 is 0 Å². The van der Waals surface area contributed by atoms with Crippen molar-refractivity contribution in [3.8, 4) is 22.6 Å². The molecule has 0 amide bonds. The lowest BCUT2D eigenvalue weighted by molar-refractivity contribution is 0.644. The van der Waals surface area contributed by atoms with Crippen molar-refractivity contribution in [3.63, 3.8) is 0 Å². The summed E-state index contributed by atoms with van der Waals surface area (Å²) in [5, 5.41) is 25.6. The lowest BCUT2D eigenvalue weighted by atomic mass is 10.0. The van der Waals surface area contributed by atoms with Crippen molar-refractivity contribution < 1.29 is 0 Å². The van der Waals surface area contributed by atoms with Crippen LogP contribution in [0.15, 0.2) is 22.3 Å². The molecule has 118 valence electrons. The summed E-state index contributed by atoms with van der Waals surface area (Å²) < 4.78 is 3.22. The van der Waals surface area contributed by atoms with Crippen molar-refractivity contribution in [2.24, 2.45) is 0 Å². The molecule has 4 heterocycles. The van der Waals surface area contributed by atoms with Gasteiger partial charge in [-0.1, -0.05) is 12.5 Å². The SMILES string of the molecule is N#Cc1c(-c2cccs2)c(C#N)c2n3c(nn2c1=O)CCCCC3. The Morgan fingerprint density at radius 3 is 2.71 bits per heavy atom. The van der Waals surface area contributed by atoms with Gasteiger partial charge in [-0.25, -0.2) is 0 Å². The Bertz CT molecular complexity index is 1080. The second-order valence-electron chi connectivity index (χ2n) is 5.74. The zero-order chi connectivity index (χ0) is 16.7. The Morgan fingerprint density at radius 2 is 2.00 bits per heavy atom. The van der Waals surface area contributed by atoms with Crippen LogP contribution in [0.3, 0.4) is 0 Å². The van der Waals surface area contributed by atoms with Crippen molar-refractivity contribution in [1.82, 2.24) is 14.2 Å². The van der Waals surface area contributed by atoms with E-state index >= 15 is 0 Å². The third-order valence-corrected chi connectivity index (χ3v) is 5.27. The number of fused-ring (bicyclic) bond motifs is 3. The van der Waals surface area contributed by atoms with Crippen LogP contribution in [0.5, 0.6) is 0 Å². The number of nitrogens with zero attached hydrogens (tertiary/aromatic N) is 5. The molecule has 0 radical (unpaired) electrons. The van der Waals surface area contributed by atoms with Crippen molar-refractivity contribution in [2.75, 3.05) is 0 Å². The average molecular weight is 335 g/mol. The summed E-state index contributed by atoms with van der Waals surface area (Å²) in [5.74, 6) is 0.813. The van der Waals surface area contributed by atoms with Crippen LogP contribution < -0.4 is 5.56 Å². The van der Waals surface area contributed by atoms with Crippen molar-refractivity contribution >= 4 is 17.0 Å². The Hall–Kier alpha value is -2.90. The third-order valence-electron chi connectivity index (χ3n) is 4.39. The zero-order valence-electron chi connectivity index (χ0n) is 12.8. The molecule has 24 heavy (non-hydrogen) atoms. The summed E-state index contributed by atoms with van der Waals surface area (Å²) >= 11 is 1.42. The van der Waals surface area contributed by atoms with Gasteiger partial charge in [-0.2, -0.15) is 15.0 Å². The highest BCUT2D eigenvalue weighted by Gasteiger charge is 2.25. The van der Waals surface area contributed by atoms with Gasteiger partial charge in [-0.3, -0.25) is 4.79 Å². The van der Waals surface area contributed by atoms with E-state index in [1.165, 1.54) is 15.9 Å². The van der Waals surface area contributed by atoms with E-state index in [2.05, 4.69) is 11.2 Å². The number of aryl methyl sites for hydroxylation is 2. The Balaban J connectivity index is 2.20. The van der Waals surface area contributed by atoms with E-state index in [0.717, 1.165) is 42.9 Å². The van der Waals surface area contributed by atoms with Gasteiger partial charge in [0.25, 0.3) is 5.56 Å². The van der Waals surface area contributed by atoms with Crippen LogP contribution in [0.4, 0.5) is 0 Å². The molecule has 0 aromatic carbocycles. The molecule has 3 aromatic heterocycles. The Morgan fingerprint density at radius 1 is 1.17 bits per heavy atom. The maximum atomic E-state index is 12.8. The Labute approximate surface area is 141 Å². The minimum absolute atomic E-state index is 0.0141. The average Bonchev–Trinajstić information content (AvgIpc) is 3.18. The minimum atomic E-state index is -0.449. The number of aromatic nitrogens is 3.